The molecule has 0 saturated carbocycles. The smallest absolute Gasteiger partial charge is 0.252 e. The van der Waals surface area contributed by atoms with Crippen molar-refractivity contribution in [1.82, 2.24) is 15.5 Å². The third-order valence-electron chi connectivity index (χ3n) is 3.44. The second kappa shape index (κ2) is 6.04. The van der Waals surface area contributed by atoms with Crippen molar-refractivity contribution in [2.24, 2.45) is 0 Å². The molecule has 0 saturated heterocycles. The third kappa shape index (κ3) is 3.29. The predicted molar refractivity (Wildman–Crippen MR) is 86.7 cm³/mol. The van der Waals surface area contributed by atoms with Gasteiger partial charge in [-0.3, -0.25) is 4.79 Å². The lowest BCUT2D eigenvalue weighted by molar-refractivity contribution is 0.0899. The summed E-state index contributed by atoms with van der Waals surface area (Å²) in [5.41, 5.74) is 0.660. The number of hydrogen-bond acceptors (Lipinski definition) is 4. The fraction of sp³-hybridized carbons (Fsp3) is 0.167. The number of amides is 1. The highest BCUT2D eigenvalue weighted by Gasteiger charge is 2.29. The van der Waals surface area contributed by atoms with Gasteiger partial charge in [-0.05, 0) is 38.1 Å². The largest absolute Gasteiger partial charge is 0.418 e. The van der Waals surface area contributed by atoms with Crippen LogP contribution in [0.4, 0.5) is 0 Å². The van der Waals surface area contributed by atoms with E-state index in [0.717, 1.165) is 5.56 Å². The molecule has 5 nitrogen and oxygen atoms in total. The Morgan fingerprint density at radius 3 is 2.22 bits per heavy atom. The van der Waals surface area contributed by atoms with Gasteiger partial charge in [0, 0.05) is 11.1 Å². The molecule has 0 fully saturated rings. The van der Waals surface area contributed by atoms with Crippen LogP contribution in [0.3, 0.4) is 0 Å². The van der Waals surface area contributed by atoms with Crippen molar-refractivity contribution in [3.05, 3.63) is 72.1 Å². The Labute approximate surface area is 134 Å². The summed E-state index contributed by atoms with van der Waals surface area (Å²) >= 11 is 0. The summed E-state index contributed by atoms with van der Waals surface area (Å²) in [7, 11) is 0. The molecule has 2 aromatic carbocycles. The van der Waals surface area contributed by atoms with E-state index >= 15 is 0 Å². The maximum absolute atomic E-state index is 12.3. The molecule has 0 radical (unpaired) electrons. The SMILES string of the molecule is CC(C)(NC(=O)c1ccccc1)c1nnc(-c2ccccc2)o1. The van der Waals surface area contributed by atoms with Crippen LogP contribution in [0, 0.1) is 0 Å². The van der Waals surface area contributed by atoms with Gasteiger partial charge in [0.15, 0.2) is 0 Å². The number of nitrogens with one attached hydrogen (secondary N) is 1. The molecule has 116 valence electrons. The maximum Gasteiger partial charge on any atom is 0.252 e. The van der Waals surface area contributed by atoms with Crippen molar-refractivity contribution in [3.8, 4) is 11.5 Å². The monoisotopic (exact) mass is 307 g/mol. The molecule has 0 aliphatic rings. The zero-order chi connectivity index (χ0) is 16.3. The van der Waals surface area contributed by atoms with Gasteiger partial charge >= 0.3 is 0 Å². The second-order valence-corrected chi connectivity index (χ2v) is 5.72. The Morgan fingerprint density at radius 1 is 0.957 bits per heavy atom. The van der Waals surface area contributed by atoms with Crippen LogP contribution in [0.5, 0.6) is 0 Å². The van der Waals surface area contributed by atoms with E-state index in [4.69, 9.17) is 4.42 Å². The van der Waals surface area contributed by atoms with Gasteiger partial charge in [0.05, 0.1) is 0 Å². The Bertz CT molecular complexity index is 795. The van der Waals surface area contributed by atoms with Crippen molar-refractivity contribution in [3.63, 3.8) is 0 Å². The minimum Gasteiger partial charge on any atom is -0.418 e. The molecular formula is C18H17N3O2. The molecule has 1 N–H and O–H groups in total. The summed E-state index contributed by atoms with van der Waals surface area (Å²) in [5, 5.41) is 11.1. The Kier molecular flexibility index (Phi) is 3.93. The van der Waals surface area contributed by atoms with Gasteiger partial charge in [0.1, 0.15) is 5.54 Å². The summed E-state index contributed by atoms with van der Waals surface area (Å²) in [5.74, 6) is 0.610. The Balaban J connectivity index is 1.80. The number of hydrogen-bond donors (Lipinski definition) is 1. The highest BCUT2D eigenvalue weighted by molar-refractivity contribution is 5.94. The van der Waals surface area contributed by atoms with Crippen LogP contribution in [0.2, 0.25) is 0 Å². The van der Waals surface area contributed by atoms with E-state index in [1.54, 1.807) is 12.1 Å². The lowest BCUT2D eigenvalue weighted by Crippen LogP contribution is -2.41. The number of benzene rings is 2. The molecule has 1 amide bonds. The molecule has 3 rings (SSSR count). The molecule has 0 spiro atoms. The summed E-state index contributed by atoms with van der Waals surface area (Å²) in [6, 6.07) is 18.5. The van der Waals surface area contributed by atoms with Gasteiger partial charge in [-0.15, -0.1) is 10.2 Å². The molecular weight excluding hydrogens is 290 g/mol. The molecule has 0 unspecified atom stereocenters. The first-order chi connectivity index (χ1) is 11.1. The zero-order valence-electron chi connectivity index (χ0n) is 13.0. The standard InChI is InChI=1S/C18H17N3O2/c1-18(2,19-15(22)13-9-5-3-6-10-13)17-21-20-16(23-17)14-11-7-4-8-12-14/h3-12H,1-2H3,(H,19,22). The van der Waals surface area contributed by atoms with Crippen molar-refractivity contribution < 1.29 is 9.21 Å². The van der Waals surface area contributed by atoms with Crippen LogP contribution < -0.4 is 5.32 Å². The minimum atomic E-state index is -0.771. The number of nitrogens with zero attached hydrogens (tertiary/aromatic N) is 2. The molecule has 0 atom stereocenters. The van der Waals surface area contributed by atoms with E-state index in [1.807, 2.05) is 62.4 Å². The first kappa shape index (κ1) is 15.0. The van der Waals surface area contributed by atoms with Gasteiger partial charge < -0.3 is 9.73 Å². The van der Waals surface area contributed by atoms with E-state index in [0.29, 0.717) is 17.3 Å². The van der Waals surface area contributed by atoms with Crippen molar-refractivity contribution in [1.29, 1.82) is 0 Å². The van der Waals surface area contributed by atoms with Crippen LogP contribution in [0.15, 0.2) is 65.1 Å². The highest BCUT2D eigenvalue weighted by Crippen LogP contribution is 2.24. The molecule has 3 aromatic rings. The minimum absolute atomic E-state index is 0.185. The van der Waals surface area contributed by atoms with Crippen molar-refractivity contribution in [2.45, 2.75) is 19.4 Å². The van der Waals surface area contributed by atoms with E-state index in [9.17, 15) is 4.79 Å². The second-order valence-electron chi connectivity index (χ2n) is 5.72. The van der Waals surface area contributed by atoms with E-state index in [2.05, 4.69) is 15.5 Å². The number of carbonyl (C=O) groups excluding carboxylic acids is 1. The zero-order valence-corrected chi connectivity index (χ0v) is 13.0. The molecule has 0 aliphatic carbocycles. The number of aromatic nitrogens is 2. The first-order valence-corrected chi connectivity index (χ1v) is 7.33. The van der Waals surface area contributed by atoms with Crippen LogP contribution in [-0.2, 0) is 5.54 Å². The molecule has 1 aromatic heterocycles. The van der Waals surface area contributed by atoms with Gasteiger partial charge in [-0.25, -0.2) is 0 Å². The third-order valence-corrected chi connectivity index (χ3v) is 3.44. The summed E-state index contributed by atoms with van der Waals surface area (Å²) in [6.07, 6.45) is 0. The molecule has 5 heteroatoms. The lowest BCUT2D eigenvalue weighted by Gasteiger charge is -2.22. The maximum atomic E-state index is 12.3. The van der Waals surface area contributed by atoms with Gasteiger partial charge in [-0.2, -0.15) is 0 Å². The Morgan fingerprint density at radius 2 is 1.57 bits per heavy atom. The van der Waals surface area contributed by atoms with E-state index in [1.165, 1.54) is 0 Å². The van der Waals surface area contributed by atoms with E-state index < -0.39 is 5.54 Å². The quantitative estimate of drug-likeness (QED) is 0.802. The van der Waals surface area contributed by atoms with Crippen molar-refractivity contribution >= 4 is 5.91 Å². The fourth-order valence-electron chi connectivity index (χ4n) is 2.17. The predicted octanol–water partition coefficient (Wildman–Crippen LogP) is 3.40. The van der Waals surface area contributed by atoms with Crippen LogP contribution >= 0.6 is 0 Å². The highest BCUT2D eigenvalue weighted by atomic mass is 16.4. The van der Waals surface area contributed by atoms with Gasteiger partial charge in [-0.1, -0.05) is 36.4 Å². The molecule has 0 bridgehead atoms. The number of carbonyl (C=O) groups is 1. The summed E-state index contributed by atoms with van der Waals surface area (Å²) in [4.78, 5) is 12.3. The van der Waals surface area contributed by atoms with Crippen LogP contribution in [0.1, 0.15) is 30.1 Å². The van der Waals surface area contributed by atoms with Gasteiger partial charge in [0.25, 0.3) is 5.91 Å². The molecule has 0 aliphatic heterocycles. The first-order valence-electron chi connectivity index (χ1n) is 7.33. The van der Waals surface area contributed by atoms with Gasteiger partial charge in [0.2, 0.25) is 11.8 Å². The normalized spacial score (nSPS) is 11.2. The summed E-state index contributed by atoms with van der Waals surface area (Å²) in [6.45, 7) is 3.66. The summed E-state index contributed by atoms with van der Waals surface area (Å²) < 4.78 is 5.73. The molecule has 23 heavy (non-hydrogen) atoms. The van der Waals surface area contributed by atoms with E-state index in [-0.39, 0.29) is 5.91 Å². The average Bonchev–Trinajstić information content (AvgIpc) is 3.07. The topological polar surface area (TPSA) is 68.0 Å². The fourth-order valence-corrected chi connectivity index (χ4v) is 2.17. The lowest BCUT2D eigenvalue weighted by atomic mass is 10.0. The van der Waals surface area contributed by atoms with Crippen LogP contribution in [0.25, 0.3) is 11.5 Å². The average molecular weight is 307 g/mol. The van der Waals surface area contributed by atoms with Crippen LogP contribution in [-0.4, -0.2) is 16.1 Å². The Hall–Kier alpha value is -2.95. The molecule has 1 heterocycles. The van der Waals surface area contributed by atoms with Crippen molar-refractivity contribution in [2.75, 3.05) is 0 Å². The number of rotatable bonds is 4.